The third-order valence-corrected chi connectivity index (χ3v) is 14.1. The number of rotatable bonds is 4. The summed E-state index contributed by atoms with van der Waals surface area (Å²) in [7, 11) is 0. The number of benzene rings is 8. The third kappa shape index (κ3) is 3.79. The van der Waals surface area contributed by atoms with Crippen molar-refractivity contribution in [3.63, 3.8) is 0 Å². The molecule has 0 N–H and O–H groups in total. The van der Waals surface area contributed by atoms with Crippen LogP contribution in [0.15, 0.2) is 152 Å². The van der Waals surface area contributed by atoms with Gasteiger partial charge in [-0.05, 0) is 132 Å². The van der Waals surface area contributed by atoms with E-state index in [0.29, 0.717) is 0 Å². The van der Waals surface area contributed by atoms with Gasteiger partial charge in [0.15, 0.2) is 0 Å². The molecule has 3 aliphatic carbocycles. The summed E-state index contributed by atoms with van der Waals surface area (Å²) in [5.74, 6) is 0. The van der Waals surface area contributed by atoms with Gasteiger partial charge in [-0.2, -0.15) is 0 Å². The summed E-state index contributed by atoms with van der Waals surface area (Å²) in [5, 5.41) is 5.60. The smallest absolute Gasteiger partial charge is 0.0465 e. The number of thiophene rings is 1. The predicted octanol–water partition coefficient (Wildman–Crippen LogP) is 14.9. The Morgan fingerprint density at radius 2 is 1.04 bits per heavy atom. The zero-order chi connectivity index (χ0) is 36.1. The summed E-state index contributed by atoms with van der Waals surface area (Å²) in [6.07, 6.45) is 0. The quantitative estimate of drug-likeness (QED) is 0.176. The first-order chi connectivity index (χ1) is 26.3. The van der Waals surface area contributed by atoms with Crippen molar-refractivity contribution in [2.75, 3.05) is 4.90 Å². The number of hydrogen-bond donors (Lipinski definition) is 0. The normalized spacial score (nSPS) is 15.0. The molecule has 0 amide bonds. The van der Waals surface area contributed by atoms with Crippen LogP contribution in [0.3, 0.4) is 0 Å². The van der Waals surface area contributed by atoms with Crippen LogP contribution in [0, 0.1) is 0 Å². The van der Waals surface area contributed by atoms with Gasteiger partial charge in [0.2, 0.25) is 0 Å². The van der Waals surface area contributed by atoms with Gasteiger partial charge >= 0.3 is 0 Å². The zero-order valence-corrected chi connectivity index (χ0v) is 31.6. The molecule has 0 unspecified atom stereocenters. The maximum Gasteiger partial charge on any atom is 0.0465 e. The van der Waals surface area contributed by atoms with Crippen molar-refractivity contribution < 1.29 is 0 Å². The zero-order valence-electron chi connectivity index (χ0n) is 30.8. The summed E-state index contributed by atoms with van der Waals surface area (Å²) in [5.41, 5.74) is 19.8. The average Bonchev–Trinajstić information content (AvgIpc) is 3.74. The Balaban J connectivity index is 1.06. The second kappa shape index (κ2) is 10.4. The molecule has 256 valence electrons. The minimum absolute atomic E-state index is 0.0710. The van der Waals surface area contributed by atoms with Crippen molar-refractivity contribution in [3.8, 4) is 44.5 Å². The van der Waals surface area contributed by atoms with Crippen LogP contribution in [-0.2, 0) is 10.8 Å². The Hall–Kier alpha value is -5.96. The second-order valence-corrected chi connectivity index (χ2v) is 17.5. The van der Waals surface area contributed by atoms with E-state index in [9.17, 15) is 0 Å². The fourth-order valence-corrected chi connectivity index (χ4v) is 11.5. The minimum Gasteiger partial charge on any atom is -0.310 e. The van der Waals surface area contributed by atoms with Crippen LogP contribution in [0.4, 0.5) is 17.1 Å². The Morgan fingerprint density at radius 1 is 0.389 bits per heavy atom. The van der Waals surface area contributed by atoms with Crippen LogP contribution in [0.2, 0.25) is 0 Å². The highest BCUT2D eigenvalue weighted by molar-refractivity contribution is 7.26. The van der Waals surface area contributed by atoms with Crippen LogP contribution in [0.5, 0.6) is 0 Å². The molecule has 0 fully saturated rings. The monoisotopic (exact) mass is 707 g/mol. The van der Waals surface area contributed by atoms with E-state index in [4.69, 9.17) is 0 Å². The van der Waals surface area contributed by atoms with Crippen LogP contribution in [0.1, 0.15) is 49.9 Å². The highest BCUT2D eigenvalue weighted by Gasteiger charge is 2.41. The molecule has 0 spiro atoms. The molecule has 0 bridgehead atoms. The summed E-state index contributed by atoms with van der Waals surface area (Å²) in [6.45, 7) is 9.56. The molecule has 1 aromatic heterocycles. The van der Waals surface area contributed by atoms with Gasteiger partial charge in [0, 0.05) is 48.1 Å². The Morgan fingerprint density at radius 3 is 1.89 bits per heavy atom. The van der Waals surface area contributed by atoms with Gasteiger partial charge in [-0.3, -0.25) is 0 Å². The largest absolute Gasteiger partial charge is 0.310 e. The van der Waals surface area contributed by atoms with Crippen LogP contribution < -0.4 is 4.90 Å². The molecule has 1 nitrogen and oxygen atoms in total. The predicted molar refractivity (Wildman–Crippen MR) is 231 cm³/mol. The Bertz CT molecular complexity index is 3090. The molecular formula is C52H37NS. The van der Waals surface area contributed by atoms with Gasteiger partial charge in [0.25, 0.3) is 0 Å². The molecule has 8 aromatic carbocycles. The SMILES string of the molecule is CC1(C)c2ccccc2-c2ccc(N(c3ccccc3)c3ccc(-c4cc5c6c7c4ccc4sc8cccc(c8c47)-c4cccc(c4-6)C5(C)C)cc3)cc21. The second-order valence-electron chi connectivity index (χ2n) is 16.5. The van der Waals surface area contributed by atoms with Crippen LogP contribution >= 0.6 is 11.3 Å². The first-order valence-electron chi connectivity index (χ1n) is 19.1. The maximum absolute atomic E-state index is 2.52. The summed E-state index contributed by atoms with van der Waals surface area (Å²) in [4.78, 5) is 2.41. The van der Waals surface area contributed by atoms with Crippen molar-refractivity contribution in [1.82, 2.24) is 0 Å². The van der Waals surface area contributed by atoms with Crippen molar-refractivity contribution >= 4 is 59.3 Å². The fourth-order valence-electron chi connectivity index (χ4n) is 10.4. The topological polar surface area (TPSA) is 3.24 Å². The van der Waals surface area contributed by atoms with E-state index in [1.165, 1.54) is 103 Å². The molecule has 0 atom stereocenters. The van der Waals surface area contributed by atoms with Crippen molar-refractivity contribution in [1.29, 1.82) is 0 Å². The molecule has 3 aliphatic rings. The molecule has 0 saturated carbocycles. The first kappa shape index (κ1) is 30.5. The van der Waals surface area contributed by atoms with Gasteiger partial charge in [0.05, 0.1) is 0 Å². The molecule has 0 aliphatic heterocycles. The molecule has 9 aromatic rings. The maximum atomic E-state index is 2.52. The minimum atomic E-state index is -0.113. The molecule has 12 rings (SSSR count). The highest BCUT2D eigenvalue weighted by atomic mass is 32.1. The lowest BCUT2D eigenvalue weighted by molar-refractivity contribution is 0.660. The van der Waals surface area contributed by atoms with Gasteiger partial charge in [0.1, 0.15) is 0 Å². The van der Waals surface area contributed by atoms with Crippen molar-refractivity contribution in [2.45, 2.75) is 38.5 Å². The van der Waals surface area contributed by atoms with Crippen LogP contribution in [-0.4, -0.2) is 0 Å². The van der Waals surface area contributed by atoms with E-state index in [1.54, 1.807) is 0 Å². The fraction of sp³-hybridized carbons (Fsp3) is 0.115. The van der Waals surface area contributed by atoms with E-state index in [1.807, 2.05) is 11.3 Å². The van der Waals surface area contributed by atoms with Gasteiger partial charge in [-0.25, -0.2) is 0 Å². The molecule has 2 heteroatoms. The van der Waals surface area contributed by atoms with E-state index >= 15 is 0 Å². The first-order valence-corrected chi connectivity index (χ1v) is 19.9. The van der Waals surface area contributed by atoms with E-state index in [2.05, 4.69) is 184 Å². The van der Waals surface area contributed by atoms with Crippen molar-refractivity contribution in [3.05, 3.63) is 174 Å². The number of hydrogen-bond acceptors (Lipinski definition) is 2. The van der Waals surface area contributed by atoms with Crippen LogP contribution in [0.25, 0.3) is 75.5 Å². The number of para-hydroxylation sites is 1. The third-order valence-electron chi connectivity index (χ3n) is 13.0. The summed E-state index contributed by atoms with van der Waals surface area (Å²) >= 11 is 1.93. The molecule has 0 saturated heterocycles. The number of anilines is 3. The van der Waals surface area contributed by atoms with E-state index in [-0.39, 0.29) is 10.8 Å². The standard InChI is InChI=1S/C52H37NS/c1-51(2)40-17-9-8-14-34(40)35-25-24-33(28-42(35)51)53(31-12-6-5-7-13-31)32-22-20-30(21-23-32)39-29-43-49-46-36(15-10-18-41(46)52(43,3)4)37-16-11-19-44-47(37)50-45(54-44)27-26-38(39)48(49)50/h5-29H,1-4H3. The lowest BCUT2D eigenvalue weighted by Gasteiger charge is -2.28. The number of fused-ring (bicyclic) bond motifs is 4. The number of nitrogens with zero attached hydrogens (tertiary/aromatic N) is 1. The lowest BCUT2D eigenvalue weighted by atomic mass is 9.79. The summed E-state index contributed by atoms with van der Waals surface area (Å²) < 4.78 is 2.74. The lowest BCUT2D eigenvalue weighted by Crippen LogP contribution is -2.16. The van der Waals surface area contributed by atoms with Gasteiger partial charge in [-0.1, -0.05) is 125 Å². The molecule has 54 heavy (non-hydrogen) atoms. The molecule has 0 radical (unpaired) electrons. The molecule has 1 heterocycles. The van der Waals surface area contributed by atoms with Crippen molar-refractivity contribution in [2.24, 2.45) is 0 Å². The summed E-state index contributed by atoms with van der Waals surface area (Å²) in [6, 6.07) is 57.3. The average molecular weight is 708 g/mol. The molecular weight excluding hydrogens is 671 g/mol. The highest BCUT2D eigenvalue weighted by Crippen LogP contribution is 2.61. The van der Waals surface area contributed by atoms with Gasteiger partial charge < -0.3 is 4.90 Å². The Labute approximate surface area is 319 Å². The van der Waals surface area contributed by atoms with E-state index < -0.39 is 0 Å². The van der Waals surface area contributed by atoms with Gasteiger partial charge in [-0.15, -0.1) is 11.3 Å². The Kier molecular flexibility index (Phi) is 5.86. The van der Waals surface area contributed by atoms with E-state index in [0.717, 1.165) is 11.4 Å².